The van der Waals surface area contributed by atoms with Crippen LogP contribution >= 0.6 is 0 Å². The fraction of sp³-hybridized carbons (Fsp3) is 0.966. The van der Waals surface area contributed by atoms with Crippen molar-refractivity contribution >= 4 is 0 Å². The zero-order valence-corrected chi connectivity index (χ0v) is 50.5. The summed E-state index contributed by atoms with van der Waals surface area (Å²) in [6.45, 7) is 14.1. The van der Waals surface area contributed by atoms with Crippen molar-refractivity contribution in [2.45, 2.75) is 278 Å². The van der Waals surface area contributed by atoms with E-state index in [9.17, 15) is 86.8 Å². The van der Waals surface area contributed by atoms with Crippen molar-refractivity contribution in [3.63, 3.8) is 0 Å². The molecule has 0 aromatic carbocycles. The lowest BCUT2D eigenvalue weighted by Crippen LogP contribution is -2.68. The van der Waals surface area contributed by atoms with Crippen LogP contribution < -0.4 is 0 Å². The van der Waals surface area contributed by atoms with Crippen molar-refractivity contribution in [1.29, 1.82) is 0 Å². The number of rotatable bonds is 18. The SMILES string of the molecule is CC(C)=CCC[C@](C)(O[C@@H]1O[C@H](CO[C@@H]2O[C@H](CO)[C@@H](O)[C@H](O)[C@H]2O)[C@@H](O)[C@H](O)[C@H]1O)[C@H]1CC[C@]2(C)[C@H]1[C@H](O)C[C@H]1[C@@]3(C)CC[C@H](O[C@@H]4O[C@H](CO[C@@H]5OC[C@@H](O)[C@H](O)[C@H]5O)[C@@H](O)[C@H](O)[C@H]4O[C@@H]4O[C@H](CO)[C@@H](O)[C@H](O)[C@H]4O)C(C)(C)[C@@H]3CC[C@]12C. The van der Waals surface area contributed by atoms with Gasteiger partial charge in [-0.2, -0.15) is 0 Å². The third kappa shape index (κ3) is 12.4. The summed E-state index contributed by atoms with van der Waals surface area (Å²) >= 11 is 0. The van der Waals surface area contributed by atoms with Gasteiger partial charge in [0.2, 0.25) is 0 Å². The monoisotopic (exact) mass is 1240 g/mol. The molecule has 0 bridgehead atoms. The number of allylic oxidation sites excluding steroid dienone is 2. The van der Waals surface area contributed by atoms with Crippen LogP contribution in [0.4, 0.5) is 0 Å². The maximum absolute atomic E-state index is 12.9. The summed E-state index contributed by atoms with van der Waals surface area (Å²) in [5, 5.41) is 185. The van der Waals surface area contributed by atoms with Gasteiger partial charge in [0.25, 0.3) is 0 Å². The number of fused-ring (bicyclic) bond motifs is 5. The zero-order valence-electron chi connectivity index (χ0n) is 50.5. The van der Waals surface area contributed by atoms with E-state index in [1.54, 1.807) is 0 Å². The number of hydrogen-bond acceptors (Lipinski definition) is 27. The Bertz CT molecular complexity index is 2260. The predicted molar refractivity (Wildman–Crippen MR) is 293 cm³/mol. The van der Waals surface area contributed by atoms with E-state index in [1.807, 2.05) is 20.8 Å². The molecule has 27 nitrogen and oxygen atoms in total. The average Bonchev–Trinajstić information content (AvgIpc) is 1.22. The van der Waals surface area contributed by atoms with Crippen molar-refractivity contribution in [3.8, 4) is 0 Å². The van der Waals surface area contributed by atoms with Crippen molar-refractivity contribution in [1.82, 2.24) is 0 Å². The van der Waals surface area contributed by atoms with Gasteiger partial charge in [0.05, 0.1) is 50.8 Å². The molecule has 5 heterocycles. The Hall–Kier alpha value is -1.34. The quantitative estimate of drug-likeness (QED) is 0.0463. The first kappa shape index (κ1) is 69.0. The minimum atomic E-state index is -1.89. The van der Waals surface area contributed by atoms with Crippen LogP contribution in [0.15, 0.2) is 11.6 Å². The van der Waals surface area contributed by atoms with Gasteiger partial charge in [-0.05, 0) is 124 Å². The molecular weight excluding hydrogens is 1140 g/mol. The molecule has 4 aliphatic carbocycles. The molecule has 9 fully saturated rings. The van der Waals surface area contributed by atoms with E-state index in [4.69, 9.17) is 47.4 Å². The lowest BCUT2D eigenvalue weighted by molar-refractivity contribution is -0.382. The molecule has 5 aliphatic heterocycles. The van der Waals surface area contributed by atoms with Gasteiger partial charge in [0, 0.05) is 0 Å². The summed E-state index contributed by atoms with van der Waals surface area (Å²) < 4.78 is 60.7. The Morgan fingerprint density at radius 3 is 1.63 bits per heavy atom. The van der Waals surface area contributed by atoms with Crippen LogP contribution in [0.25, 0.3) is 0 Å². The van der Waals surface area contributed by atoms with Gasteiger partial charge in [-0.3, -0.25) is 0 Å². The number of aliphatic hydroxyl groups is 17. The number of ether oxygens (including phenoxy) is 10. The normalized spacial score (nSPS) is 52.9. The summed E-state index contributed by atoms with van der Waals surface area (Å²) in [5.74, 6) is -0.678. The first-order valence-corrected chi connectivity index (χ1v) is 30.8. The molecule has 498 valence electrons. The summed E-state index contributed by atoms with van der Waals surface area (Å²) in [7, 11) is 0. The van der Waals surface area contributed by atoms with Crippen LogP contribution in [-0.2, 0) is 47.4 Å². The van der Waals surface area contributed by atoms with Crippen LogP contribution in [0.5, 0.6) is 0 Å². The first-order valence-electron chi connectivity index (χ1n) is 30.8. The van der Waals surface area contributed by atoms with E-state index >= 15 is 0 Å². The van der Waals surface area contributed by atoms with Crippen LogP contribution in [-0.4, -0.2) is 285 Å². The molecule has 17 N–H and O–H groups in total. The molecule has 86 heavy (non-hydrogen) atoms. The van der Waals surface area contributed by atoms with Gasteiger partial charge < -0.3 is 134 Å². The lowest BCUT2D eigenvalue weighted by atomic mass is 9.35. The van der Waals surface area contributed by atoms with Gasteiger partial charge in [-0.15, -0.1) is 0 Å². The molecule has 9 rings (SSSR count). The van der Waals surface area contributed by atoms with Crippen molar-refractivity contribution in [3.05, 3.63) is 11.6 Å². The van der Waals surface area contributed by atoms with E-state index < -0.39 is 202 Å². The van der Waals surface area contributed by atoms with Gasteiger partial charge in [-0.1, -0.05) is 46.3 Å². The highest BCUT2D eigenvalue weighted by Gasteiger charge is 2.72. The Kier molecular flexibility index (Phi) is 21.3. The van der Waals surface area contributed by atoms with Gasteiger partial charge in [-0.25, -0.2) is 0 Å². The number of hydrogen-bond donors (Lipinski definition) is 17. The average molecular weight is 1240 g/mol. The van der Waals surface area contributed by atoms with E-state index in [2.05, 4.69) is 40.7 Å². The van der Waals surface area contributed by atoms with E-state index in [1.165, 1.54) is 0 Å². The molecule has 0 spiro atoms. The molecule has 0 unspecified atom stereocenters. The highest BCUT2D eigenvalue weighted by atomic mass is 16.8. The van der Waals surface area contributed by atoms with Gasteiger partial charge in [0.1, 0.15) is 116 Å². The summed E-state index contributed by atoms with van der Waals surface area (Å²) in [5.41, 5.74) is -1.90. The maximum Gasteiger partial charge on any atom is 0.187 e. The van der Waals surface area contributed by atoms with Gasteiger partial charge in [0.15, 0.2) is 31.5 Å². The predicted octanol–water partition coefficient (Wildman–Crippen LogP) is -3.74. The Morgan fingerprint density at radius 2 is 1.02 bits per heavy atom. The van der Waals surface area contributed by atoms with Crippen LogP contribution in [0, 0.1) is 45.3 Å². The minimum absolute atomic E-state index is 0.0184. The first-order chi connectivity index (χ1) is 40.3. The summed E-state index contributed by atoms with van der Waals surface area (Å²) in [6.07, 6.45) is -33.0. The zero-order chi connectivity index (χ0) is 63.1. The molecule has 4 saturated carbocycles. The fourth-order valence-corrected chi connectivity index (χ4v) is 17.4. The van der Waals surface area contributed by atoms with E-state index in [0.29, 0.717) is 38.5 Å². The van der Waals surface area contributed by atoms with Crippen molar-refractivity contribution < 1.29 is 134 Å². The molecular formula is C59H100O27. The molecule has 0 aromatic rings. The second-order valence-corrected chi connectivity index (χ2v) is 28.1. The van der Waals surface area contributed by atoms with Crippen molar-refractivity contribution in [2.75, 3.05) is 33.0 Å². The molecule has 0 radical (unpaired) electrons. The summed E-state index contributed by atoms with van der Waals surface area (Å²) in [6, 6.07) is 0. The number of aliphatic hydroxyl groups excluding tert-OH is 17. The molecule has 9 aliphatic rings. The molecule has 0 amide bonds. The fourth-order valence-electron chi connectivity index (χ4n) is 17.4. The summed E-state index contributed by atoms with van der Waals surface area (Å²) in [4.78, 5) is 0. The van der Waals surface area contributed by atoms with E-state index in [-0.39, 0.29) is 41.1 Å². The Morgan fingerprint density at radius 1 is 0.512 bits per heavy atom. The third-order valence-electron chi connectivity index (χ3n) is 22.6. The molecule has 34 atom stereocenters. The largest absolute Gasteiger partial charge is 0.394 e. The highest BCUT2D eigenvalue weighted by molar-refractivity contribution is 5.21. The topological polar surface area (TPSA) is 436 Å². The Labute approximate surface area is 501 Å². The molecule has 0 aromatic heterocycles. The molecule has 5 saturated heterocycles. The van der Waals surface area contributed by atoms with Crippen molar-refractivity contribution in [2.24, 2.45) is 45.3 Å². The third-order valence-corrected chi connectivity index (χ3v) is 22.6. The maximum atomic E-state index is 12.9. The van der Waals surface area contributed by atoms with E-state index in [0.717, 1.165) is 24.8 Å². The highest BCUT2D eigenvalue weighted by Crippen LogP contribution is 2.76. The minimum Gasteiger partial charge on any atom is -0.394 e. The smallest absolute Gasteiger partial charge is 0.187 e. The van der Waals surface area contributed by atoms with Crippen LogP contribution in [0.2, 0.25) is 0 Å². The second kappa shape index (κ2) is 26.6. The second-order valence-electron chi connectivity index (χ2n) is 28.1. The Balaban J connectivity index is 0.938. The van der Waals surface area contributed by atoms with Crippen LogP contribution in [0.1, 0.15) is 113 Å². The molecule has 27 heteroatoms. The van der Waals surface area contributed by atoms with Crippen LogP contribution in [0.3, 0.4) is 0 Å². The van der Waals surface area contributed by atoms with Gasteiger partial charge >= 0.3 is 0 Å². The standard InChI is InChI=1S/C59H100O27/c1-24(2)10-9-14-59(8,86-53-48(76)43(71)39(67)30(82-53)23-79-51-46(74)41(69)37(65)28(19-60)80-51)25-11-16-58(7)35(25)26(62)18-33-56(5)15-13-34(55(3,4)32(56)12-17-57(33,58)6)84-54-49(85-52-47(75)42(70)38(66)29(20-61)81-52)44(72)40(68)31(83-54)22-78-50-45(73)36(64)27(63)21-77-50/h10,25-54,60-76H,9,11-23H2,1-8H3/t25-,26+,27+,28+,29+,30+,31+,32-,33-,34-,35+,36-,37+,38+,39+,40+,41-,42-,43-,44-,45+,46+,47+,48+,49+,50-,51+,52-,53-,54-,56-,57+,58+,59-/m0/s1. The lowest BCUT2D eigenvalue weighted by Gasteiger charge is -2.71.